The molecule has 8 nitrogen and oxygen atoms in total. The number of amides is 1. The van der Waals surface area contributed by atoms with E-state index in [4.69, 9.17) is 4.74 Å². The minimum absolute atomic E-state index is 0.0445. The van der Waals surface area contributed by atoms with Crippen LogP contribution >= 0.6 is 11.3 Å². The number of rotatable bonds is 6. The number of nitrogens with one attached hydrogen (secondary N) is 1. The van der Waals surface area contributed by atoms with E-state index in [0.717, 1.165) is 33.8 Å². The third-order valence-corrected chi connectivity index (χ3v) is 9.27. The SMILES string of the molecule is C/C(=C(/C#N)C(=O)NC[C@H]1OC(O)[C@H](C)[C@@H](O)[C@@H]1O)c1ccc(-c2ccc3cc(N4CCCCC4)ccc3c2)s1. The van der Waals surface area contributed by atoms with Crippen LogP contribution in [0.4, 0.5) is 5.69 Å². The lowest BCUT2D eigenvalue weighted by atomic mass is 9.92. The Balaban J connectivity index is 1.30. The molecule has 5 rings (SSSR count). The number of anilines is 1. The van der Waals surface area contributed by atoms with E-state index in [1.807, 2.05) is 18.2 Å². The summed E-state index contributed by atoms with van der Waals surface area (Å²) in [6.07, 6.45) is -0.923. The van der Waals surface area contributed by atoms with Gasteiger partial charge in [-0.15, -0.1) is 11.3 Å². The van der Waals surface area contributed by atoms with Crippen molar-refractivity contribution in [1.82, 2.24) is 5.32 Å². The van der Waals surface area contributed by atoms with E-state index >= 15 is 0 Å². The number of hydrogen-bond acceptors (Lipinski definition) is 8. The number of allylic oxidation sites excluding steroid dienone is 1. The lowest BCUT2D eigenvalue weighted by Crippen LogP contribution is -2.56. The molecule has 0 spiro atoms. The molecular formula is C31H35N3O5S. The molecule has 4 N–H and O–H groups in total. The Hall–Kier alpha value is -3.26. The van der Waals surface area contributed by atoms with E-state index in [0.29, 0.717) is 5.57 Å². The van der Waals surface area contributed by atoms with Crippen molar-refractivity contribution < 1.29 is 24.9 Å². The molecule has 1 aromatic heterocycles. The van der Waals surface area contributed by atoms with E-state index in [1.54, 1.807) is 13.8 Å². The Morgan fingerprint density at radius 3 is 2.52 bits per heavy atom. The number of fused-ring (bicyclic) bond motifs is 1. The van der Waals surface area contributed by atoms with Crippen molar-refractivity contribution in [2.24, 2.45) is 5.92 Å². The number of carbonyl (C=O) groups is 1. The minimum Gasteiger partial charge on any atom is -0.390 e. The summed E-state index contributed by atoms with van der Waals surface area (Å²) in [7, 11) is 0. The van der Waals surface area contributed by atoms with Gasteiger partial charge < -0.3 is 30.3 Å². The zero-order chi connectivity index (χ0) is 28.4. The smallest absolute Gasteiger partial charge is 0.262 e. The fourth-order valence-corrected chi connectivity index (χ4v) is 6.40. The molecule has 0 bridgehead atoms. The van der Waals surface area contributed by atoms with Gasteiger partial charge in [0, 0.05) is 41.0 Å². The Bertz CT molecular complexity index is 1450. The lowest BCUT2D eigenvalue weighted by Gasteiger charge is -2.39. The lowest BCUT2D eigenvalue weighted by molar-refractivity contribution is -0.258. The molecular weight excluding hydrogens is 526 g/mol. The second-order valence-electron chi connectivity index (χ2n) is 10.7. The first-order valence-electron chi connectivity index (χ1n) is 13.7. The van der Waals surface area contributed by atoms with Gasteiger partial charge in [-0.2, -0.15) is 5.26 Å². The minimum atomic E-state index is -1.27. The van der Waals surface area contributed by atoms with Crippen LogP contribution in [0.2, 0.25) is 0 Å². The monoisotopic (exact) mass is 561 g/mol. The van der Waals surface area contributed by atoms with Crippen LogP contribution in [0.15, 0.2) is 54.1 Å². The average molecular weight is 562 g/mol. The molecule has 2 aliphatic heterocycles. The fraction of sp³-hybridized carbons (Fsp3) is 0.419. The van der Waals surface area contributed by atoms with Gasteiger partial charge in [-0.3, -0.25) is 4.79 Å². The third kappa shape index (κ3) is 5.78. The summed E-state index contributed by atoms with van der Waals surface area (Å²) in [6, 6.07) is 18.9. The quantitative estimate of drug-likeness (QED) is 0.264. The van der Waals surface area contributed by atoms with Crippen molar-refractivity contribution >= 4 is 39.3 Å². The van der Waals surface area contributed by atoms with Gasteiger partial charge >= 0.3 is 0 Å². The molecule has 9 heteroatoms. The van der Waals surface area contributed by atoms with E-state index in [-0.39, 0.29) is 12.1 Å². The normalized spacial score (nSPS) is 25.8. The Morgan fingerprint density at radius 2 is 1.77 bits per heavy atom. The van der Waals surface area contributed by atoms with Crippen LogP contribution in [0.3, 0.4) is 0 Å². The highest BCUT2D eigenvalue weighted by Gasteiger charge is 2.41. The van der Waals surface area contributed by atoms with Crippen LogP contribution in [0.25, 0.3) is 26.8 Å². The summed E-state index contributed by atoms with van der Waals surface area (Å²) in [5.74, 6) is -1.27. The zero-order valence-corrected chi connectivity index (χ0v) is 23.5. The van der Waals surface area contributed by atoms with Gasteiger partial charge in [-0.25, -0.2) is 0 Å². The number of hydrogen-bond donors (Lipinski definition) is 4. The molecule has 2 aliphatic rings. The molecule has 1 unspecified atom stereocenters. The van der Waals surface area contributed by atoms with E-state index in [9.17, 15) is 25.4 Å². The van der Waals surface area contributed by atoms with Crippen LogP contribution in [-0.2, 0) is 9.53 Å². The van der Waals surface area contributed by atoms with Crippen LogP contribution < -0.4 is 10.2 Å². The summed E-state index contributed by atoms with van der Waals surface area (Å²) in [6.45, 7) is 5.35. The third-order valence-electron chi connectivity index (χ3n) is 8.02. The van der Waals surface area contributed by atoms with Gasteiger partial charge in [0.15, 0.2) is 6.29 Å². The summed E-state index contributed by atoms with van der Waals surface area (Å²) < 4.78 is 5.34. The fourth-order valence-electron chi connectivity index (χ4n) is 5.39. The standard InChI is InChI=1S/C31H35N3O5S/c1-18(24(16-32)30(37)33-17-25-29(36)28(35)19(2)31(38)39-25)26-10-11-27(40-26)22-7-6-21-15-23(9-8-20(21)14-22)34-12-4-3-5-13-34/h6-11,14-15,19,25,28-29,31,35-36,38H,3-5,12-13,17H2,1-2H3,(H,33,37)/b24-18+/t19-,25-,28-,29-,31?/m1/s1. The second kappa shape index (κ2) is 12.1. The van der Waals surface area contributed by atoms with E-state index < -0.39 is 36.4 Å². The molecule has 2 aromatic carbocycles. The average Bonchev–Trinajstić information content (AvgIpc) is 3.48. The van der Waals surface area contributed by atoms with Gasteiger partial charge in [0.25, 0.3) is 5.91 Å². The first-order chi connectivity index (χ1) is 19.3. The Kier molecular flexibility index (Phi) is 8.54. The number of benzene rings is 2. The molecule has 2 saturated heterocycles. The first-order valence-corrected chi connectivity index (χ1v) is 14.6. The van der Waals surface area contributed by atoms with Crippen LogP contribution in [-0.4, -0.2) is 65.5 Å². The molecule has 1 amide bonds. The topological polar surface area (TPSA) is 126 Å². The molecule has 2 fully saturated rings. The zero-order valence-electron chi connectivity index (χ0n) is 22.7. The molecule has 40 heavy (non-hydrogen) atoms. The maximum Gasteiger partial charge on any atom is 0.262 e. The van der Waals surface area contributed by atoms with Crippen molar-refractivity contribution in [2.45, 2.75) is 57.7 Å². The van der Waals surface area contributed by atoms with Crippen LogP contribution in [0, 0.1) is 17.2 Å². The van der Waals surface area contributed by atoms with Gasteiger partial charge in [0.05, 0.1) is 6.10 Å². The van der Waals surface area contributed by atoms with Gasteiger partial charge in [0.1, 0.15) is 23.9 Å². The predicted molar refractivity (Wildman–Crippen MR) is 157 cm³/mol. The highest BCUT2D eigenvalue weighted by molar-refractivity contribution is 7.16. The number of aliphatic hydroxyl groups excluding tert-OH is 3. The molecule has 0 aliphatic carbocycles. The van der Waals surface area contributed by atoms with Crippen molar-refractivity contribution in [1.29, 1.82) is 5.26 Å². The van der Waals surface area contributed by atoms with Gasteiger partial charge in [-0.05, 0) is 78.4 Å². The van der Waals surface area contributed by atoms with Crippen molar-refractivity contribution in [3.63, 3.8) is 0 Å². The summed E-state index contributed by atoms with van der Waals surface area (Å²) in [5, 5.41) is 45.0. The van der Waals surface area contributed by atoms with Crippen molar-refractivity contribution in [3.05, 3.63) is 59.0 Å². The predicted octanol–water partition coefficient (Wildman–Crippen LogP) is 4.05. The highest BCUT2D eigenvalue weighted by atomic mass is 32.1. The van der Waals surface area contributed by atoms with Gasteiger partial charge in [-0.1, -0.05) is 25.1 Å². The number of carbonyl (C=O) groups excluding carboxylic acids is 1. The highest BCUT2D eigenvalue weighted by Crippen LogP contribution is 2.35. The van der Waals surface area contributed by atoms with Gasteiger partial charge in [0.2, 0.25) is 0 Å². The molecule has 3 heterocycles. The second-order valence-corrected chi connectivity index (χ2v) is 11.8. The number of thiophene rings is 1. The molecule has 5 atom stereocenters. The van der Waals surface area contributed by atoms with Crippen molar-refractivity contribution in [2.75, 3.05) is 24.5 Å². The summed E-state index contributed by atoms with van der Waals surface area (Å²) >= 11 is 1.51. The number of nitriles is 1. The van der Waals surface area contributed by atoms with E-state index in [1.165, 1.54) is 41.7 Å². The summed E-state index contributed by atoms with van der Waals surface area (Å²) in [5.41, 5.74) is 2.84. The van der Waals surface area contributed by atoms with Crippen LogP contribution in [0.1, 0.15) is 38.0 Å². The molecule has 3 aromatic rings. The maximum absolute atomic E-state index is 12.9. The number of aliphatic hydroxyl groups is 3. The molecule has 0 saturated carbocycles. The van der Waals surface area contributed by atoms with Crippen LogP contribution in [0.5, 0.6) is 0 Å². The summed E-state index contributed by atoms with van der Waals surface area (Å²) in [4.78, 5) is 17.2. The first kappa shape index (κ1) is 28.3. The Labute approximate surface area is 238 Å². The maximum atomic E-state index is 12.9. The van der Waals surface area contributed by atoms with Crippen molar-refractivity contribution in [3.8, 4) is 16.5 Å². The Morgan fingerprint density at radius 1 is 1.05 bits per heavy atom. The molecule has 210 valence electrons. The largest absolute Gasteiger partial charge is 0.390 e. The number of ether oxygens (including phenoxy) is 1. The number of piperidine rings is 1. The van der Waals surface area contributed by atoms with E-state index in [2.05, 4.69) is 46.6 Å². The molecule has 0 radical (unpaired) electrons. The number of nitrogens with zero attached hydrogens (tertiary/aromatic N) is 2.